The summed E-state index contributed by atoms with van der Waals surface area (Å²) < 4.78 is 5.69. The van der Waals surface area contributed by atoms with Crippen LogP contribution in [-0.4, -0.2) is 81.3 Å². The molecule has 3 aromatic rings. The summed E-state index contributed by atoms with van der Waals surface area (Å²) in [4.78, 5) is 37.3. The number of halogens is 1. The number of benzene rings is 3. The monoisotopic (exact) mass is 545 g/mol. The Morgan fingerprint density at radius 1 is 1.08 bits per heavy atom. The normalized spacial score (nSPS) is 18.0. The number of carbonyl (C=O) groups is 2. The predicted molar refractivity (Wildman–Crippen MR) is 156 cm³/mol. The molecule has 1 N–H and O–H groups in total. The molecule has 0 aromatic heterocycles. The van der Waals surface area contributed by atoms with E-state index in [-0.39, 0.29) is 11.8 Å². The highest BCUT2D eigenvalue weighted by molar-refractivity contribution is 6.31. The van der Waals surface area contributed by atoms with Gasteiger partial charge in [-0.15, -0.1) is 0 Å². The van der Waals surface area contributed by atoms with Gasteiger partial charge in [0.25, 0.3) is 0 Å². The molecule has 1 unspecified atom stereocenters. The average Bonchev–Trinajstić information content (AvgIpc) is 3.27. The van der Waals surface area contributed by atoms with Gasteiger partial charge < -0.3 is 19.9 Å². The van der Waals surface area contributed by atoms with Crippen molar-refractivity contribution >= 4 is 46.2 Å². The Morgan fingerprint density at radius 3 is 2.54 bits per heavy atom. The highest BCUT2D eigenvalue weighted by Gasteiger charge is 2.35. The number of nitrogens with zero attached hydrogens (tertiary/aromatic N) is 4. The van der Waals surface area contributed by atoms with Gasteiger partial charge in [-0.1, -0.05) is 48.0 Å². The molecular formula is C30H32ClN5O3. The van der Waals surface area contributed by atoms with Crippen molar-refractivity contribution in [3.05, 3.63) is 82.9 Å². The Bertz CT molecular complexity index is 1400. The van der Waals surface area contributed by atoms with Crippen molar-refractivity contribution in [2.45, 2.75) is 5.92 Å². The van der Waals surface area contributed by atoms with Gasteiger partial charge in [-0.25, -0.2) is 0 Å². The smallest absolute Gasteiger partial charge is 0.241 e. The van der Waals surface area contributed by atoms with Crippen LogP contribution in [0.4, 0.5) is 17.1 Å². The van der Waals surface area contributed by atoms with E-state index in [0.29, 0.717) is 40.1 Å². The van der Waals surface area contributed by atoms with E-state index in [1.54, 1.807) is 37.3 Å². The molecule has 1 fully saturated rings. The zero-order chi connectivity index (χ0) is 27.5. The summed E-state index contributed by atoms with van der Waals surface area (Å²) in [6.45, 7) is 3.99. The van der Waals surface area contributed by atoms with Gasteiger partial charge >= 0.3 is 0 Å². The lowest BCUT2D eigenvalue weighted by Gasteiger charge is -2.33. The number of nitrogens with one attached hydrogen (secondary N) is 1. The molecule has 0 bridgehead atoms. The number of hydrogen-bond acceptors (Lipinski definition) is 6. The molecule has 1 atom stereocenters. The standard InChI is InChI=1S/C30H32ClN5O3/c1-34-13-15-36(16-14-34)19-27(37)35(2)25-12-10-22(18-26(25)39-3)32-29(20-7-5-4-6-8-20)28-23-11-9-21(31)17-24(23)33-30(28)38/h4-12,17-18,28H,13-16,19H2,1-3H3,(H,33,38). The lowest BCUT2D eigenvalue weighted by molar-refractivity contribution is -0.120. The zero-order valence-electron chi connectivity index (χ0n) is 22.4. The summed E-state index contributed by atoms with van der Waals surface area (Å²) in [5.74, 6) is -0.233. The first kappa shape index (κ1) is 26.9. The maximum Gasteiger partial charge on any atom is 0.241 e. The van der Waals surface area contributed by atoms with E-state index in [2.05, 4.69) is 22.2 Å². The topological polar surface area (TPSA) is 77.5 Å². The summed E-state index contributed by atoms with van der Waals surface area (Å²) >= 11 is 6.17. The largest absolute Gasteiger partial charge is 0.494 e. The lowest BCUT2D eigenvalue weighted by Crippen LogP contribution is -2.48. The number of fused-ring (bicyclic) bond motifs is 1. The maximum absolute atomic E-state index is 13.2. The third-order valence-corrected chi connectivity index (χ3v) is 7.53. The number of piperazine rings is 1. The molecule has 0 saturated carbocycles. The van der Waals surface area contributed by atoms with Gasteiger partial charge in [-0.3, -0.25) is 19.5 Å². The van der Waals surface area contributed by atoms with Crippen LogP contribution in [0.2, 0.25) is 5.02 Å². The summed E-state index contributed by atoms with van der Waals surface area (Å²) in [5.41, 5.74) is 4.24. The van der Waals surface area contributed by atoms with E-state index in [1.807, 2.05) is 48.5 Å². The van der Waals surface area contributed by atoms with Crippen LogP contribution in [0.1, 0.15) is 17.0 Å². The fourth-order valence-corrected chi connectivity index (χ4v) is 5.17. The van der Waals surface area contributed by atoms with Crippen LogP contribution in [0.5, 0.6) is 5.75 Å². The van der Waals surface area contributed by atoms with Crippen LogP contribution in [0, 0.1) is 0 Å². The molecule has 2 aliphatic rings. The molecule has 9 heteroatoms. The Balaban J connectivity index is 1.46. The van der Waals surface area contributed by atoms with Crippen molar-refractivity contribution in [3.63, 3.8) is 0 Å². The number of rotatable bonds is 7. The Labute approximate surface area is 233 Å². The van der Waals surface area contributed by atoms with Gasteiger partial charge in [-0.2, -0.15) is 0 Å². The van der Waals surface area contributed by atoms with Crippen LogP contribution in [0.15, 0.2) is 71.7 Å². The number of amides is 2. The molecule has 202 valence electrons. The first-order chi connectivity index (χ1) is 18.8. The van der Waals surface area contributed by atoms with Gasteiger partial charge in [0.15, 0.2) is 0 Å². The quantitative estimate of drug-likeness (QED) is 0.445. The van der Waals surface area contributed by atoms with Gasteiger partial charge in [0, 0.05) is 50.0 Å². The Hall–Kier alpha value is -3.72. The fourth-order valence-electron chi connectivity index (χ4n) is 5.00. The van der Waals surface area contributed by atoms with E-state index in [0.717, 1.165) is 37.3 Å². The Morgan fingerprint density at radius 2 is 1.82 bits per heavy atom. The number of ether oxygens (including phenoxy) is 1. The van der Waals surface area contributed by atoms with E-state index < -0.39 is 5.92 Å². The third-order valence-electron chi connectivity index (χ3n) is 7.29. The molecule has 5 rings (SSSR count). The summed E-state index contributed by atoms with van der Waals surface area (Å²) in [5, 5.41) is 3.49. The fraction of sp³-hybridized carbons (Fsp3) is 0.300. The van der Waals surface area contributed by atoms with Crippen molar-refractivity contribution < 1.29 is 14.3 Å². The average molecular weight is 546 g/mol. The predicted octanol–water partition coefficient (Wildman–Crippen LogP) is 4.42. The van der Waals surface area contributed by atoms with Crippen molar-refractivity contribution in [3.8, 4) is 5.75 Å². The van der Waals surface area contributed by atoms with Gasteiger partial charge in [-0.05, 0) is 42.4 Å². The SMILES string of the molecule is COc1cc(N=C(c2ccccc2)C2C(=O)Nc3cc(Cl)ccc32)ccc1N(C)C(=O)CN1CCN(C)CC1. The van der Waals surface area contributed by atoms with Gasteiger partial charge in [0.05, 0.1) is 30.7 Å². The van der Waals surface area contributed by atoms with Crippen LogP contribution in [0.25, 0.3) is 0 Å². The summed E-state index contributed by atoms with van der Waals surface area (Å²) in [6.07, 6.45) is 0. The first-order valence-corrected chi connectivity index (χ1v) is 13.3. The number of carbonyl (C=O) groups excluding carboxylic acids is 2. The second-order valence-corrected chi connectivity index (χ2v) is 10.3. The van der Waals surface area contributed by atoms with E-state index >= 15 is 0 Å². The highest BCUT2D eigenvalue weighted by atomic mass is 35.5. The minimum Gasteiger partial charge on any atom is -0.494 e. The van der Waals surface area contributed by atoms with Gasteiger partial charge in [0.2, 0.25) is 11.8 Å². The van der Waals surface area contributed by atoms with Crippen LogP contribution < -0.4 is 15.0 Å². The minimum atomic E-state index is -0.599. The minimum absolute atomic E-state index is 0.00280. The molecule has 0 aliphatic carbocycles. The summed E-state index contributed by atoms with van der Waals surface area (Å²) in [7, 11) is 5.43. The molecule has 0 radical (unpaired) electrons. The molecular weight excluding hydrogens is 514 g/mol. The maximum atomic E-state index is 13.2. The van der Waals surface area contributed by atoms with Crippen molar-refractivity contribution in [1.82, 2.24) is 9.80 Å². The first-order valence-electron chi connectivity index (χ1n) is 12.9. The zero-order valence-corrected chi connectivity index (χ0v) is 23.1. The molecule has 2 aliphatic heterocycles. The van der Waals surface area contributed by atoms with E-state index in [1.165, 1.54) is 0 Å². The summed E-state index contributed by atoms with van der Waals surface area (Å²) in [6, 6.07) is 20.5. The number of hydrogen-bond donors (Lipinski definition) is 1. The number of aliphatic imine (C=N–C) groups is 1. The number of anilines is 2. The molecule has 3 aromatic carbocycles. The van der Waals surface area contributed by atoms with Crippen LogP contribution in [0.3, 0.4) is 0 Å². The van der Waals surface area contributed by atoms with Gasteiger partial charge in [0.1, 0.15) is 11.7 Å². The van der Waals surface area contributed by atoms with E-state index in [9.17, 15) is 9.59 Å². The van der Waals surface area contributed by atoms with E-state index in [4.69, 9.17) is 21.3 Å². The molecule has 8 nitrogen and oxygen atoms in total. The van der Waals surface area contributed by atoms with Crippen molar-refractivity contribution in [2.75, 3.05) is 64.1 Å². The lowest BCUT2D eigenvalue weighted by atomic mass is 9.90. The third kappa shape index (κ3) is 5.83. The number of likely N-dealkylation sites (N-methyl/N-ethyl adjacent to an activating group) is 2. The van der Waals surface area contributed by atoms with Crippen LogP contribution in [-0.2, 0) is 9.59 Å². The number of methoxy groups -OCH3 is 1. The Kier molecular flexibility index (Phi) is 7.97. The van der Waals surface area contributed by atoms with Crippen molar-refractivity contribution in [1.29, 1.82) is 0 Å². The van der Waals surface area contributed by atoms with Crippen molar-refractivity contribution in [2.24, 2.45) is 4.99 Å². The highest BCUT2D eigenvalue weighted by Crippen LogP contribution is 2.39. The molecule has 2 heterocycles. The van der Waals surface area contributed by atoms with Crippen LogP contribution >= 0.6 is 11.6 Å². The molecule has 0 spiro atoms. The molecule has 39 heavy (non-hydrogen) atoms. The second-order valence-electron chi connectivity index (χ2n) is 9.91. The molecule has 1 saturated heterocycles. The second kappa shape index (κ2) is 11.6. The molecule has 2 amide bonds.